The van der Waals surface area contributed by atoms with Crippen molar-refractivity contribution < 1.29 is 23.8 Å². The molecule has 0 radical (unpaired) electrons. The van der Waals surface area contributed by atoms with E-state index in [0.717, 1.165) is 0 Å². The number of anilines is 1. The Morgan fingerprint density at radius 3 is 2.68 bits per heavy atom. The number of hydrogen-bond acceptors (Lipinski definition) is 6. The van der Waals surface area contributed by atoms with Gasteiger partial charge in [0.1, 0.15) is 12.7 Å². The van der Waals surface area contributed by atoms with Gasteiger partial charge in [-0.25, -0.2) is 4.79 Å². The molecule has 0 spiro atoms. The fourth-order valence-electron chi connectivity index (χ4n) is 2.24. The van der Waals surface area contributed by atoms with E-state index in [1.165, 1.54) is 0 Å². The van der Waals surface area contributed by atoms with Crippen LogP contribution >= 0.6 is 0 Å². The predicted octanol–water partition coefficient (Wildman–Crippen LogP) is 1.88. The average molecular weight is 338 g/mol. The molecule has 0 saturated carbocycles. The van der Waals surface area contributed by atoms with E-state index >= 15 is 0 Å². The number of carbonyl (C=O) groups is 2. The van der Waals surface area contributed by atoms with Crippen LogP contribution in [-0.2, 0) is 14.3 Å². The van der Waals surface area contributed by atoms with Gasteiger partial charge in [0.05, 0.1) is 11.3 Å². The Labute approximate surface area is 143 Å². The van der Waals surface area contributed by atoms with Crippen molar-refractivity contribution in [3.63, 3.8) is 0 Å². The van der Waals surface area contributed by atoms with Crippen LogP contribution in [0.25, 0.3) is 0 Å². The Hall–Kier alpha value is -3.53. The van der Waals surface area contributed by atoms with Crippen LogP contribution in [0.4, 0.5) is 5.69 Å². The number of fused-ring (bicyclic) bond motifs is 1. The minimum atomic E-state index is -0.936. The van der Waals surface area contributed by atoms with Crippen molar-refractivity contribution >= 4 is 17.6 Å². The van der Waals surface area contributed by atoms with Crippen LogP contribution in [0.3, 0.4) is 0 Å². The molecule has 3 rings (SSSR count). The Balaban J connectivity index is 1.53. The van der Waals surface area contributed by atoms with Crippen molar-refractivity contribution in [2.45, 2.75) is 6.10 Å². The summed E-state index contributed by atoms with van der Waals surface area (Å²) >= 11 is 0. The first kappa shape index (κ1) is 16.3. The molecular weight excluding hydrogens is 324 g/mol. The highest BCUT2D eigenvalue weighted by Gasteiger charge is 2.29. The topological polar surface area (TPSA) is 97.7 Å². The number of ether oxygens (including phenoxy) is 3. The molecule has 1 heterocycles. The molecule has 7 heteroatoms. The molecule has 126 valence electrons. The van der Waals surface area contributed by atoms with E-state index in [1.54, 1.807) is 48.5 Å². The van der Waals surface area contributed by atoms with E-state index in [-0.39, 0.29) is 6.61 Å². The second-order valence-electron chi connectivity index (χ2n) is 5.18. The molecule has 0 saturated heterocycles. The first-order valence-corrected chi connectivity index (χ1v) is 7.51. The molecule has 7 nitrogen and oxygen atoms in total. The second-order valence-corrected chi connectivity index (χ2v) is 5.18. The molecular formula is C18H14N2O5. The van der Waals surface area contributed by atoms with E-state index in [9.17, 15) is 9.59 Å². The first-order valence-electron chi connectivity index (χ1n) is 7.51. The highest BCUT2D eigenvalue weighted by atomic mass is 16.6. The zero-order chi connectivity index (χ0) is 17.6. The number of rotatable bonds is 4. The smallest absolute Gasteiger partial charge is 0.351 e. The number of benzene rings is 2. The van der Waals surface area contributed by atoms with Crippen molar-refractivity contribution in [3.8, 4) is 17.6 Å². The van der Waals surface area contributed by atoms with E-state index in [0.29, 0.717) is 22.7 Å². The summed E-state index contributed by atoms with van der Waals surface area (Å²) in [5.74, 6) is -0.244. The number of para-hydroxylation sites is 3. The molecule has 0 bridgehead atoms. The van der Waals surface area contributed by atoms with Crippen LogP contribution in [0.5, 0.6) is 11.5 Å². The third-order valence-corrected chi connectivity index (χ3v) is 3.44. The van der Waals surface area contributed by atoms with Gasteiger partial charge >= 0.3 is 5.97 Å². The van der Waals surface area contributed by atoms with Gasteiger partial charge in [0.15, 0.2) is 18.1 Å². The summed E-state index contributed by atoms with van der Waals surface area (Å²) in [6.45, 7) is -0.477. The number of amides is 1. The molecule has 1 amide bonds. The third-order valence-electron chi connectivity index (χ3n) is 3.44. The van der Waals surface area contributed by atoms with Crippen LogP contribution in [0.1, 0.15) is 5.56 Å². The van der Waals surface area contributed by atoms with Gasteiger partial charge in [-0.15, -0.1) is 0 Å². The maximum Gasteiger partial charge on any atom is 0.351 e. The Morgan fingerprint density at radius 2 is 1.88 bits per heavy atom. The molecule has 0 unspecified atom stereocenters. The molecule has 2 aromatic rings. The van der Waals surface area contributed by atoms with Crippen LogP contribution in [0.15, 0.2) is 48.5 Å². The SMILES string of the molecule is N#Cc1ccccc1NC(=O)COC(=O)[C@@H]1COc2ccccc2O1. The lowest BCUT2D eigenvalue weighted by Crippen LogP contribution is -2.39. The lowest BCUT2D eigenvalue weighted by Gasteiger charge is -2.24. The monoisotopic (exact) mass is 338 g/mol. The highest BCUT2D eigenvalue weighted by Crippen LogP contribution is 2.31. The van der Waals surface area contributed by atoms with Crippen molar-refractivity contribution in [1.82, 2.24) is 0 Å². The molecule has 0 fully saturated rings. The molecule has 1 atom stereocenters. The average Bonchev–Trinajstić information content (AvgIpc) is 2.66. The number of carbonyl (C=O) groups excluding carboxylic acids is 2. The van der Waals surface area contributed by atoms with Gasteiger partial charge in [0.25, 0.3) is 5.91 Å². The van der Waals surface area contributed by atoms with Gasteiger partial charge in [-0.2, -0.15) is 5.26 Å². The van der Waals surface area contributed by atoms with Crippen molar-refractivity contribution in [2.75, 3.05) is 18.5 Å². The number of hydrogen-bond donors (Lipinski definition) is 1. The number of nitrogens with one attached hydrogen (secondary N) is 1. The first-order chi connectivity index (χ1) is 12.2. The van der Waals surface area contributed by atoms with Crippen molar-refractivity contribution in [1.29, 1.82) is 5.26 Å². The Bertz CT molecular complexity index is 843. The maximum absolute atomic E-state index is 12.0. The molecule has 25 heavy (non-hydrogen) atoms. The summed E-state index contributed by atoms with van der Waals surface area (Å²) in [5.41, 5.74) is 0.681. The molecule has 2 aromatic carbocycles. The van der Waals surface area contributed by atoms with Crippen LogP contribution < -0.4 is 14.8 Å². The summed E-state index contributed by atoms with van der Waals surface area (Å²) in [6.07, 6.45) is -0.936. The van der Waals surface area contributed by atoms with Crippen LogP contribution in [0.2, 0.25) is 0 Å². The summed E-state index contributed by atoms with van der Waals surface area (Å²) < 4.78 is 15.9. The molecule has 1 aliphatic rings. The Kier molecular flexibility index (Phi) is 4.81. The molecule has 1 N–H and O–H groups in total. The Morgan fingerprint density at radius 1 is 1.16 bits per heavy atom. The van der Waals surface area contributed by atoms with E-state index in [1.807, 2.05) is 6.07 Å². The van der Waals surface area contributed by atoms with Gasteiger partial charge in [0, 0.05) is 0 Å². The lowest BCUT2D eigenvalue weighted by atomic mass is 10.2. The summed E-state index contributed by atoms with van der Waals surface area (Å²) in [7, 11) is 0. The molecule has 0 aromatic heterocycles. The second kappa shape index (κ2) is 7.36. The van der Waals surface area contributed by atoms with Gasteiger partial charge in [-0.1, -0.05) is 24.3 Å². The van der Waals surface area contributed by atoms with E-state index in [4.69, 9.17) is 19.5 Å². The normalized spacial score (nSPS) is 14.9. The lowest BCUT2D eigenvalue weighted by molar-refractivity contribution is -0.156. The fourth-order valence-corrected chi connectivity index (χ4v) is 2.24. The standard InChI is InChI=1S/C18H14N2O5/c19-9-12-5-1-2-6-13(12)20-17(21)11-24-18(22)16-10-23-14-7-3-4-8-15(14)25-16/h1-8,16H,10-11H2,(H,20,21)/t16-/m0/s1. The predicted molar refractivity (Wildman–Crippen MR) is 87.1 cm³/mol. The largest absolute Gasteiger partial charge is 0.485 e. The van der Waals surface area contributed by atoms with Crippen molar-refractivity contribution in [3.05, 3.63) is 54.1 Å². The number of nitriles is 1. The number of nitrogens with zero attached hydrogens (tertiary/aromatic N) is 1. The maximum atomic E-state index is 12.0. The van der Waals surface area contributed by atoms with Gasteiger partial charge in [-0.05, 0) is 24.3 Å². The molecule has 1 aliphatic heterocycles. The summed E-state index contributed by atoms with van der Waals surface area (Å²) in [6, 6.07) is 15.5. The summed E-state index contributed by atoms with van der Waals surface area (Å²) in [5, 5.41) is 11.5. The van der Waals surface area contributed by atoms with Crippen molar-refractivity contribution in [2.24, 2.45) is 0 Å². The van der Waals surface area contributed by atoms with Gasteiger partial charge in [-0.3, -0.25) is 4.79 Å². The van der Waals surface area contributed by atoms with Crippen LogP contribution in [0, 0.1) is 11.3 Å². The third kappa shape index (κ3) is 3.87. The zero-order valence-corrected chi connectivity index (χ0v) is 13.1. The quantitative estimate of drug-likeness (QED) is 0.855. The summed E-state index contributed by atoms with van der Waals surface area (Å²) in [4.78, 5) is 23.9. The van der Waals surface area contributed by atoms with Crippen LogP contribution in [-0.4, -0.2) is 31.2 Å². The minimum Gasteiger partial charge on any atom is -0.485 e. The van der Waals surface area contributed by atoms with Gasteiger partial charge in [0.2, 0.25) is 6.10 Å². The fraction of sp³-hybridized carbons (Fsp3) is 0.167. The van der Waals surface area contributed by atoms with E-state index < -0.39 is 24.6 Å². The molecule has 0 aliphatic carbocycles. The number of esters is 1. The zero-order valence-electron chi connectivity index (χ0n) is 13.1. The van der Waals surface area contributed by atoms with Gasteiger partial charge < -0.3 is 19.5 Å². The van der Waals surface area contributed by atoms with E-state index in [2.05, 4.69) is 5.32 Å². The highest BCUT2D eigenvalue weighted by molar-refractivity contribution is 5.94. The minimum absolute atomic E-state index is 0.00866.